The summed E-state index contributed by atoms with van der Waals surface area (Å²) in [6.45, 7) is 0.739. The van der Waals surface area contributed by atoms with Crippen LogP contribution in [-0.2, 0) is 20.8 Å². The number of fused-ring (bicyclic) bond motifs is 2. The molecule has 148 valence electrons. The third kappa shape index (κ3) is 3.79. The zero-order valence-corrected chi connectivity index (χ0v) is 15.9. The van der Waals surface area contributed by atoms with Gasteiger partial charge >= 0.3 is 0 Å². The molecular formula is C21H26N4O3. The monoisotopic (exact) mass is 382 g/mol. The molecule has 2 aromatic rings. The fraction of sp³-hybridized carbons (Fsp3) is 0.524. The molecule has 2 heterocycles. The molecule has 28 heavy (non-hydrogen) atoms. The average Bonchev–Trinajstić information content (AvgIpc) is 3.23. The highest BCUT2D eigenvalue weighted by Crippen LogP contribution is 2.37. The maximum absolute atomic E-state index is 12.4. The van der Waals surface area contributed by atoms with E-state index in [1.165, 1.54) is 4.90 Å². The molecule has 4 rings (SSSR count). The Balaban J connectivity index is 1.18. The lowest BCUT2D eigenvalue weighted by molar-refractivity contribution is -0.140. The molecule has 7 heteroatoms. The Morgan fingerprint density at radius 3 is 2.57 bits per heavy atom. The summed E-state index contributed by atoms with van der Waals surface area (Å²) in [6, 6.07) is 7.88. The molecule has 1 saturated carbocycles. The smallest absolute Gasteiger partial charge is 0.233 e. The highest BCUT2D eigenvalue weighted by atomic mass is 16.2. The van der Waals surface area contributed by atoms with Crippen LogP contribution in [0.5, 0.6) is 0 Å². The third-order valence-electron chi connectivity index (χ3n) is 5.85. The summed E-state index contributed by atoms with van der Waals surface area (Å²) in [5, 5.41) is 2.87. The van der Waals surface area contributed by atoms with E-state index < -0.39 is 0 Å². The maximum atomic E-state index is 12.4. The van der Waals surface area contributed by atoms with Gasteiger partial charge in [-0.1, -0.05) is 25.0 Å². The zero-order chi connectivity index (χ0) is 19.5. The zero-order valence-electron chi connectivity index (χ0n) is 15.9. The Labute approximate surface area is 163 Å². The predicted molar refractivity (Wildman–Crippen MR) is 104 cm³/mol. The summed E-state index contributed by atoms with van der Waals surface area (Å²) in [6.07, 6.45) is 5.33. The largest absolute Gasteiger partial charge is 0.356 e. The van der Waals surface area contributed by atoms with Gasteiger partial charge in [-0.05, 0) is 31.4 Å². The number of imidazole rings is 1. The number of nitrogens with zero attached hydrogens (tertiary/aromatic N) is 2. The SMILES string of the molecule is O=C(CCN1C(=O)[C@H]2CCCC[C@H]2C1=O)NCCCc1nc2ccccc2[nH]1. The van der Waals surface area contributed by atoms with Crippen LogP contribution < -0.4 is 5.32 Å². The van der Waals surface area contributed by atoms with Crippen LogP contribution in [0, 0.1) is 11.8 Å². The molecule has 0 bridgehead atoms. The van der Waals surface area contributed by atoms with Crippen LogP contribution in [0.15, 0.2) is 24.3 Å². The number of carbonyl (C=O) groups is 3. The molecule has 7 nitrogen and oxygen atoms in total. The van der Waals surface area contributed by atoms with Crippen molar-refractivity contribution in [1.29, 1.82) is 0 Å². The molecule has 1 aliphatic heterocycles. The van der Waals surface area contributed by atoms with E-state index in [0.29, 0.717) is 6.54 Å². The first-order valence-electron chi connectivity index (χ1n) is 10.2. The van der Waals surface area contributed by atoms with E-state index in [1.807, 2.05) is 24.3 Å². The molecule has 0 radical (unpaired) electrons. The average molecular weight is 382 g/mol. The van der Waals surface area contributed by atoms with Crippen LogP contribution in [0.2, 0.25) is 0 Å². The van der Waals surface area contributed by atoms with Gasteiger partial charge in [0.1, 0.15) is 5.82 Å². The lowest BCUT2D eigenvalue weighted by Gasteiger charge is -2.19. The van der Waals surface area contributed by atoms with Gasteiger partial charge in [-0.15, -0.1) is 0 Å². The number of para-hydroxylation sites is 2. The number of amides is 3. The summed E-state index contributed by atoms with van der Waals surface area (Å²) >= 11 is 0. The standard InChI is InChI=1S/C21H26N4O3/c26-19(11-13-25-20(27)14-6-1-2-7-15(14)21(25)28)22-12-5-10-18-23-16-8-3-4-9-17(16)24-18/h3-4,8-9,14-15H,1-2,5-7,10-13H2,(H,22,26)(H,23,24)/t14-,15+. The second kappa shape index (κ2) is 8.12. The van der Waals surface area contributed by atoms with Crippen molar-refractivity contribution in [1.82, 2.24) is 20.2 Å². The minimum absolute atomic E-state index is 0.0765. The Morgan fingerprint density at radius 2 is 1.86 bits per heavy atom. The number of rotatable bonds is 7. The Hall–Kier alpha value is -2.70. The van der Waals surface area contributed by atoms with Gasteiger partial charge in [-0.2, -0.15) is 0 Å². The summed E-state index contributed by atoms with van der Waals surface area (Å²) in [5.41, 5.74) is 1.96. The molecule has 1 aromatic heterocycles. The molecular weight excluding hydrogens is 356 g/mol. The van der Waals surface area contributed by atoms with Crippen molar-refractivity contribution in [2.45, 2.75) is 44.9 Å². The van der Waals surface area contributed by atoms with E-state index in [0.717, 1.165) is 55.4 Å². The molecule has 3 amide bonds. The number of nitrogens with one attached hydrogen (secondary N) is 2. The number of imide groups is 1. The Kier molecular flexibility index (Phi) is 5.41. The fourth-order valence-corrected chi connectivity index (χ4v) is 4.36. The lowest BCUT2D eigenvalue weighted by Crippen LogP contribution is -2.35. The molecule has 2 fully saturated rings. The highest BCUT2D eigenvalue weighted by Gasteiger charge is 2.47. The third-order valence-corrected chi connectivity index (χ3v) is 5.85. The molecule has 1 saturated heterocycles. The summed E-state index contributed by atoms with van der Waals surface area (Å²) < 4.78 is 0. The van der Waals surface area contributed by atoms with E-state index in [9.17, 15) is 14.4 Å². The molecule has 0 spiro atoms. The number of aromatic amines is 1. The molecule has 1 aromatic carbocycles. The second-order valence-corrected chi connectivity index (χ2v) is 7.73. The van der Waals surface area contributed by atoms with Gasteiger partial charge in [0.15, 0.2) is 0 Å². The van der Waals surface area contributed by atoms with Gasteiger partial charge in [-0.3, -0.25) is 19.3 Å². The molecule has 2 N–H and O–H groups in total. The van der Waals surface area contributed by atoms with Gasteiger partial charge in [0.2, 0.25) is 17.7 Å². The number of benzene rings is 1. The van der Waals surface area contributed by atoms with Gasteiger partial charge in [0, 0.05) is 25.9 Å². The van der Waals surface area contributed by atoms with Crippen LogP contribution in [0.3, 0.4) is 0 Å². The van der Waals surface area contributed by atoms with E-state index in [-0.39, 0.29) is 42.5 Å². The van der Waals surface area contributed by atoms with E-state index in [2.05, 4.69) is 15.3 Å². The molecule has 0 unspecified atom stereocenters. The first kappa shape index (κ1) is 18.7. The molecule has 1 aliphatic carbocycles. The van der Waals surface area contributed by atoms with Crippen molar-refractivity contribution in [2.75, 3.05) is 13.1 Å². The lowest BCUT2D eigenvalue weighted by atomic mass is 9.81. The van der Waals surface area contributed by atoms with Gasteiger partial charge in [0.25, 0.3) is 0 Å². The minimum Gasteiger partial charge on any atom is -0.356 e. The van der Waals surface area contributed by atoms with Gasteiger partial charge < -0.3 is 10.3 Å². The normalized spacial score (nSPS) is 21.9. The highest BCUT2D eigenvalue weighted by molar-refractivity contribution is 6.05. The Morgan fingerprint density at radius 1 is 1.14 bits per heavy atom. The topological polar surface area (TPSA) is 95.2 Å². The van der Waals surface area contributed by atoms with Crippen molar-refractivity contribution in [3.05, 3.63) is 30.1 Å². The van der Waals surface area contributed by atoms with Crippen molar-refractivity contribution < 1.29 is 14.4 Å². The second-order valence-electron chi connectivity index (χ2n) is 7.73. The van der Waals surface area contributed by atoms with E-state index in [4.69, 9.17) is 0 Å². The number of carbonyl (C=O) groups excluding carboxylic acids is 3. The molecule has 2 atom stereocenters. The summed E-state index contributed by atoms with van der Waals surface area (Å²) in [7, 11) is 0. The van der Waals surface area contributed by atoms with Gasteiger partial charge in [-0.25, -0.2) is 4.98 Å². The first-order valence-corrected chi connectivity index (χ1v) is 10.2. The van der Waals surface area contributed by atoms with Crippen molar-refractivity contribution in [2.24, 2.45) is 11.8 Å². The number of H-pyrrole nitrogens is 1. The van der Waals surface area contributed by atoms with Crippen molar-refractivity contribution in [3.8, 4) is 0 Å². The number of aromatic nitrogens is 2. The first-order chi connectivity index (χ1) is 13.6. The van der Waals surface area contributed by atoms with Crippen molar-refractivity contribution >= 4 is 28.8 Å². The summed E-state index contributed by atoms with van der Waals surface area (Å²) in [4.78, 5) is 46.0. The quantitative estimate of drug-likeness (QED) is 0.567. The van der Waals surface area contributed by atoms with E-state index in [1.54, 1.807) is 0 Å². The predicted octanol–water partition coefficient (Wildman–Crippen LogP) is 2.18. The van der Waals surface area contributed by atoms with Crippen LogP contribution in [0.4, 0.5) is 0 Å². The number of hydrogen-bond acceptors (Lipinski definition) is 4. The number of likely N-dealkylation sites (tertiary alicyclic amines) is 1. The van der Waals surface area contributed by atoms with Crippen LogP contribution in [0.1, 0.15) is 44.3 Å². The van der Waals surface area contributed by atoms with Gasteiger partial charge in [0.05, 0.1) is 22.9 Å². The number of hydrogen-bond donors (Lipinski definition) is 2. The van der Waals surface area contributed by atoms with Crippen LogP contribution in [-0.4, -0.2) is 45.7 Å². The fourth-order valence-electron chi connectivity index (χ4n) is 4.36. The maximum Gasteiger partial charge on any atom is 0.233 e. The number of aryl methyl sites for hydroxylation is 1. The summed E-state index contributed by atoms with van der Waals surface area (Å²) in [5.74, 6) is 0.340. The van der Waals surface area contributed by atoms with Crippen LogP contribution >= 0.6 is 0 Å². The van der Waals surface area contributed by atoms with Crippen molar-refractivity contribution in [3.63, 3.8) is 0 Å². The van der Waals surface area contributed by atoms with E-state index >= 15 is 0 Å². The Bertz CT molecular complexity index is 834. The minimum atomic E-state index is -0.145. The van der Waals surface area contributed by atoms with Crippen LogP contribution in [0.25, 0.3) is 11.0 Å². The molecule has 2 aliphatic rings.